The van der Waals surface area contributed by atoms with Gasteiger partial charge in [0.2, 0.25) is 0 Å². The second kappa shape index (κ2) is 15.0. The van der Waals surface area contributed by atoms with Crippen molar-refractivity contribution in [3.63, 3.8) is 0 Å². The minimum Gasteiger partial charge on any atom is -0.507 e. The van der Waals surface area contributed by atoms with E-state index in [9.17, 15) is 5.11 Å². The van der Waals surface area contributed by atoms with E-state index in [-0.39, 0.29) is 16.6 Å². The van der Waals surface area contributed by atoms with Crippen molar-refractivity contribution in [2.24, 2.45) is 0 Å². The number of hydrogen-bond acceptors (Lipinski definition) is 5. The molecule has 304 valence electrons. The highest BCUT2D eigenvalue weighted by molar-refractivity contribution is 7.21. The van der Waals surface area contributed by atoms with Crippen molar-refractivity contribution in [1.29, 1.82) is 0 Å². The number of aromatic hydroxyl groups is 1. The third kappa shape index (κ3) is 7.26. The van der Waals surface area contributed by atoms with Gasteiger partial charge in [0.05, 0.1) is 17.1 Å². The Morgan fingerprint density at radius 3 is 1.69 bits per heavy atom. The lowest BCUT2D eigenvalue weighted by Crippen LogP contribution is -2.16. The number of phenols is 1. The molecule has 0 saturated heterocycles. The average Bonchev–Trinajstić information content (AvgIpc) is 3.84. The van der Waals surface area contributed by atoms with Crippen LogP contribution >= 0.6 is 11.3 Å². The van der Waals surface area contributed by atoms with Crippen LogP contribution in [0.3, 0.4) is 0 Å². The molecule has 4 aromatic heterocycles. The predicted molar refractivity (Wildman–Crippen MR) is 261 cm³/mol. The second-order valence-electron chi connectivity index (χ2n) is 18.5. The minimum atomic E-state index is -0.0405. The molecule has 0 saturated carbocycles. The highest BCUT2D eigenvalue weighted by atomic mass is 32.1. The van der Waals surface area contributed by atoms with Crippen LogP contribution in [0.1, 0.15) is 58.4 Å². The molecule has 0 aliphatic heterocycles. The molecule has 0 amide bonds. The zero-order valence-electron chi connectivity index (χ0n) is 36.2. The number of furan rings is 1. The first-order valence-electron chi connectivity index (χ1n) is 21.3. The molecule has 10 rings (SSSR count). The van der Waals surface area contributed by atoms with Crippen molar-refractivity contribution >= 4 is 44.0 Å². The van der Waals surface area contributed by atoms with Gasteiger partial charge in [-0.15, -0.1) is 11.3 Å². The predicted octanol–water partition coefficient (Wildman–Crippen LogP) is 16.2. The van der Waals surface area contributed by atoms with E-state index >= 15 is 0 Å². The Morgan fingerprint density at radius 2 is 1.00 bits per heavy atom. The number of phenolic OH excluding ortho intramolecular Hbond substituents is 1. The van der Waals surface area contributed by atoms with Crippen LogP contribution in [0.2, 0.25) is 0 Å². The maximum absolute atomic E-state index is 11.1. The lowest BCUT2D eigenvalue weighted by atomic mass is 9.79. The van der Waals surface area contributed by atoms with Gasteiger partial charge in [-0.3, -0.25) is 4.98 Å². The molecule has 0 fully saturated rings. The number of benzene rings is 6. The van der Waals surface area contributed by atoms with Crippen molar-refractivity contribution < 1.29 is 9.52 Å². The fourth-order valence-electron chi connectivity index (χ4n) is 8.51. The molecule has 62 heavy (non-hydrogen) atoms. The number of pyridine rings is 2. The third-order valence-corrected chi connectivity index (χ3v) is 13.3. The fraction of sp³-hybridized carbons (Fsp3) is 0.158. The average molecular weight is 825 g/mol. The van der Waals surface area contributed by atoms with Gasteiger partial charge in [0, 0.05) is 53.7 Å². The summed E-state index contributed by atoms with van der Waals surface area (Å²) in [5, 5.41) is 15.8. The monoisotopic (exact) mass is 824 g/mol. The summed E-state index contributed by atoms with van der Waals surface area (Å²) in [5.41, 5.74) is 14.8. The molecule has 4 nitrogen and oxygen atoms in total. The Hall–Kier alpha value is -6.82. The largest absolute Gasteiger partial charge is 0.507 e. The second-order valence-corrected chi connectivity index (χ2v) is 19.5. The lowest BCUT2D eigenvalue weighted by Gasteiger charge is -2.26. The molecule has 0 unspecified atom stereocenters. The molecule has 6 aromatic carbocycles. The van der Waals surface area contributed by atoms with Gasteiger partial charge in [-0.25, -0.2) is 4.98 Å². The summed E-state index contributed by atoms with van der Waals surface area (Å²) in [6.07, 6.45) is 0. The van der Waals surface area contributed by atoms with Crippen LogP contribution in [-0.4, -0.2) is 15.1 Å². The zero-order chi connectivity index (χ0) is 42.9. The van der Waals surface area contributed by atoms with Gasteiger partial charge in [-0.05, 0) is 112 Å². The molecule has 0 radical (unpaired) electrons. The van der Waals surface area contributed by atoms with E-state index in [1.807, 2.05) is 41.7 Å². The Kier molecular flexibility index (Phi) is 9.49. The van der Waals surface area contributed by atoms with Crippen molar-refractivity contribution in [3.8, 4) is 71.5 Å². The number of fused-ring (bicyclic) bond motifs is 4. The van der Waals surface area contributed by atoms with E-state index < -0.39 is 0 Å². The van der Waals surface area contributed by atoms with Crippen LogP contribution in [0.4, 0.5) is 0 Å². The summed E-state index contributed by atoms with van der Waals surface area (Å²) in [6.45, 7) is 15.7. The Balaban J connectivity index is 1.08. The molecule has 5 heteroatoms. The Labute approximate surface area is 367 Å². The van der Waals surface area contributed by atoms with Crippen LogP contribution in [0.25, 0.3) is 98.5 Å². The summed E-state index contributed by atoms with van der Waals surface area (Å²) in [4.78, 5) is 12.8. The van der Waals surface area contributed by atoms with Crippen LogP contribution in [0.15, 0.2) is 162 Å². The summed E-state index contributed by atoms with van der Waals surface area (Å²) in [7, 11) is 0. The van der Waals surface area contributed by atoms with Gasteiger partial charge in [0.15, 0.2) is 0 Å². The number of aryl methyl sites for hydroxylation is 1. The van der Waals surface area contributed by atoms with E-state index in [0.717, 1.165) is 78.1 Å². The summed E-state index contributed by atoms with van der Waals surface area (Å²) in [5.74, 6) is 0.200. The molecule has 10 aromatic rings. The Morgan fingerprint density at radius 1 is 0.435 bits per heavy atom. The smallest absolute Gasteiger partial charge is 0.136 e. The lowest BCUT2D eigenvalue weighted by molar-refractivity contribution is 0.477. The zero-order valence-corrected chi connectivity index (χ0v) is 37.0. The van der Waals surface area contributed by atoms with Crippen LogP contribution in [-0.2, 0) is 10.8 Å². The van der Waals surface area contributed by atoms with E-state index in [2.05, 4.69) is 170 Å². The quantitative estimate of drug-likeness (QED) is 0.181. The van der Waals surface area contributed by atoms with Gasteiger partial charge < -0.3 is 9.52 Å². The van der Waals surface area contributed by atoms with Crippen LogP contribution in [0, 0.1) is 6.92 Å². The highest BCUT2D eigenvalue weighted by Crippen LogP contribution is 2.46. The number of rotatable bonds is 6. The van der Waals surface area contributed by atoms with Gasteiger partial charge in [-0.1, -0.05) is 139 Å². The minimum absolute atomic E-state index is 0.0405. The van der Waals surface area contributed by atoms with E-state index in [1.54, 1.807) is 6.07 Å². The van der Waals surface area contributed by atoms with Crippen molar-refractivity contribution in [2.75, 3.05) is 0 Å². The highest BCUT2D eigenvalue weighted by Gasteiger charge is 2.23. The number of aromatic nitrogens is 2. The molecular weight excluding hydrogens is 777 g/mol. The van der Waals surface area contributed by atoms with E-state index in [1.165, 1.54) is 31.7 Å². The molecular formula is C57H48N2O2S. The number of thiophene rings is 1. The van der Waals surface area contributed by atoms with Crippen molar-refractivity contribution in [2.45, 2.75) is 59.3 Å². The van der Waals surface area contributed by atoms with Gasteiger partial charge in [0.25, 0.3) is 0 Å². The van der Waals surface area contributed by atoms with Gasteiger partial charge >= 0.3 is 0 Å². The van der Waals surface area contributed by atoms with Crippen LogP contribution in [0.5, 0.6) is 5.75 Å². The van der Waals surface area contributed by atoms with Gasteiger partial charge in [-0.2, -0.15) is 0 Å². The Bertz CT molecular complexity index is 3320. The molecule has 0 bridgehead atoms. The standard InChI is InChI=1S/C57H48N2O2S/c1-34-25-40(55-46-19-9-8-18-45(46)54(62-55)37-23-24-44-43-17-11-13-22-52(43)61-53(44)32-37)31-48(58-34)35-15-14-16-36(26-35)49-29-39(30-50(59-49)47-20-10-12-21-51(47)60)38-27-41(56(2,3)4)33-42(28-38)57(5,6)7/h8-33,60H,1-7H3. The van der Waals surface area contributed by atoms with E-state index in [0.29, 0.717) is 5.56 Å². The van der Waals surface area contributed by atoms with Gasteiger partial charge in [0.1, 0.15) is 16.9 Å². The van der Waals surface area contributed by atoms with Crippen LogP contribution < -0.4 is 0 Å². The summed E-state index contributed by atoms with van der Waals surface area (Å²) < 4.78 is 6.32. The fourth-order valence-corrected chi connectivity index (χ4v) is 9.77. The summed E-state index contributed by atoms with van der Waals surface area (Å²) in [6, 6.07) is 55.2. The molecule has 0 atom stereocenters. The third-order valence-electron chi connectivity index (χ3n) is 11.9. The first kappa shape index (κ1) is 39.3. The number of hydrogen-bond donors (Lipinski definition) is 1. The SMILES string of the molecule is Cc1cc(-c2sc(-c3ccc4c(c3)oc3ccccc34)c3ccccc23)cc(-c2cccc(-c3cc(-c4cc(C(C)(C)C)cc(C(C)(C)C)c4)cc(-c4ccccc4O)n3)c2)n1. The first-order valence-corrected chi connectivity index (χ1v) is 22.1. The topological polar surface area (TPSA) is 59.2 Å². The number of para-hydroxylation sites is 2. The molecule has 4 heterocycles. The maximum Gasteiger partial charge on any atom is 0.136 e. The number of nitrogens with zero attached hydrogens (tertiary/aromatic N) is 2. The molecule has 0 spiro atoms. The summed E-state index contributed by atoms with van der Waals surface area (Å²) >= 11 is 1.81. The molecule has 0 aliphatic carbocycles. The van der Waals surface area contributed by atoms with E-state index in [4.69, 9.17) is 14.4 Å². The normalized spacial score (nSPS) is 12.2. The molecule has 0 aliphatic rings. The van der Waals surface area contributed by atoms with Crippen molar-refractivity contribution in [3.05, 3.63) is 175 Å². The van der Waals surface area contributed by atoms with Crippen molar-refractivity contribution in [1.82, 2.24) is 9.97 Å². The maximum atomic E-state index is 11.1. The molecule has 1 N–H and O–H groups in total. The first-order chi connectivity index (χ1) is 29.8.